The highest BCUT2D eigenvalue weighted by Crippen LogP contribution is 2.27. The molecule has 0 radical (unpaired) electrons. The van der Waals surface area contributed by atoms with E-state index in [1.165, 1.54) is 4.68 Å². The van der Waals surface area contributed by atoms with E-state index < -0.39 is 30.1 Å². The topological polar surface area (TPSA) is 317 Å². The summed E-state index contributed by atoms with van der Waals surface area (Å²) >= 11 is 0. The van der Waals surface area contributed by atoms with Gasteiger partial charge in [0.1, 0.15) is 30.1 Å². The number of phenols is 1. The van der Waals surface area contributed by atoms with Crippen molar-refractivity contribution >= 4 is 35.6 Å². The van der Waals surface area contributed by atoms with Gasteiger partial charge in [-0.1, -0.05) is 48.7 Å². The zero-order valence-electron chi connectivity index (χ0n) is 39.8. The molecule has 25 heteroatoms. The van der Waals surface area contributed by atoms with Crippen molar-refractivity contribution in [2.75, 3.05) is 120 Å². The summed E-state index contributed by atoms with van der Waals surface area (Å²) in [6, 6.07) is 3.85. The van der Waals surface area contributed by atoms with Crippen molar-refractivity contribution in [1.29, 1.82) is 0 Å². The zero-order chi connectivity index (χ0) is 50.0. The number of aromatic hydroxyl groups is 1. The van der Waals surface area contributed by atoms with E-state index >= 15 is 0 Å². The van der Waals surface area contributed by atoms with Crippen molar-refractivity contribution in [3.63, 3.8) is 0 Å². The van der Waals surface area contributed by atoms with Gasteiger partial charge in [0.25, 0.3) is 0 Å². The molecule has 3 aromatic heterocycles. The lowest BCUT2D eigenvalue weighted by Crippen LogP contribution is -2.52. The second-order valence-electron chi connectivity index (χ2n) is 17.1. The first-order chi connectivity index (χ1) is 33.9. The van der Waals surface area contributed by atoms with E-state index in [1.807, 2.05) is 23.6 Å². The molecule has 380 valence electrons. The van der Waals surface area contributed by atoms with Crippen molar-refractivity contribution < 1.29 is 43.9 Å². The van der Waals surface area contributed by atoms with Crippen LogP contribution in [0.4, 0.5) is 17.8 Å². The first-order valence-corrected chi connectivity index (χ1v) is 23.6. The van der Waals surface area contributed by atoms with Crippen LogP contribution in [0.5, 0.6) is 5.75 Å². The molecular weight excluding hydrogens is 909 g/mol. The Kier molecular flexibility index (Phi) is 19.9. The molecule has 1 aromatic carbocycles. The standard InChI is InChI=1S/C45H66N16O9/c1-4-21-68-23-25-70-26-24-69-22-12-48-43-49-44(51-45(50-43)59-19-15-57(16-20-59)42(67)40(31(3)5-2)61-29-37(53-55-61)35(47)30-62)58-17-13-56(14-18-58)41(66)38(10-11-39(64)65)60-28-36(52-54-60)34(46)27-32-6-8-33(63)9-7-32/h1,6-9,28-29,31,34-35,38,40,62-63H,5,10-27,30,46-47H2,2-3H3,(H,64,65)(H,48,49,50,51)/t31-,34?,35?,38-,40?/m0/s1. The van der Waals surface area contributed by atoms with Gasteiger partial charge >= 0.3 is 5.97 Å². The number of hydrogen-bond donors (Lipinski definition) is 6. The first-order valence-electron chi connectivity index (χ1n) is 23.6. The Morgan fingerprint density at radius 2 is 1.34 bits per heavy atom. The van der Waals surface area contributed by atoms with Gasteiger partial charge in [0.15, 0.2) is 0 Å². The molecule has 2 amide bonds. The minimum Gasteiger partial charge on any atom is -0.508 e. The lowest BCUT2D eigenvalue weighted by atomic mass is 9.97. The van der Waals surface area contributed by atoms with Crippen LogP contribution in [0.15, 0.2) is 36.7 Å². The van der Waals surface area contributed by atoms with Crippen molar-refractivity contribution in [3.8, 4) is 18.1 Å². The predicted octanol–water partition coefficient (Wildman–Crippen LogP) is -0.220. The van der Waals surface area contributed by atoms with Crippen LogP contribution in [0.3, 0.4) is 0 Å². The van der Waals surface area contributed by atoms with Gasteiger partial charge in [0.05, 0.1) is 69.8 Å². The van der Waals surface area contributed by atoms with Crippen LogP contribution in [-0.4, -0.2) is 193 Å². The predicted molar refractivity (Wildman–Crippen MR) is 254 cm³/mol. The molecule has 5 atom stereocenters. The summed E-state index contributed by atoms with van der Waals surface area (Å²) in [7, 11) is 0. The van der Waals surface area contributed by atoms with E-state index in [2.05, 4.69) is 31.9 Å². The van der Waals surface area contributed by atoms with Crippen LogP contribution in [0.2, 0.25) is 0 Å². The Morgan fingerprint density at radius 3 is 1.93 bits per heavy atom. The van der Waals surface area contributed by atoms with Gasteiger partial charge in [-0.2, -0.15) is 15.0 Å². The Hall–Kier alpha value is -6.56. The van der Waals surface area contributed by atoms with Crippen molar-refractivity contribution in [1.82, 2.24) is 54.7 Å². The van der Waals surface area contributed by atoms with Crippen LogP contribution in [0.25, 0.3) is 0 Å². The number of hydrogen-bond acceptors (Lipinski definition) is 20. The Labute approximate surface area is 406 Å². The number of piperazine rings is 2. The summed E-state index contributed by atoms with van der Waals surface area (Å²) in [5.41, 5.74) is 14.2. The fourth-order valence-electron chi connectivity index (χ4n) is 7.94. The van der Waals surface area contributed by atoms with E-state index in [0.29, 0.717) is 115 Å². The van der Waals surface area contributed by atoms with E-state index in [0.717, 1.165) is 12.0 Å². The number of nitrogens with one attached hydrogen (secondary N) is 1. The highest BCUT2D eigenvalue weighted by Gasteiger charge is 2.35. The number of rotatable bonds is 27. The maximum atomic E-state index is 14.2. The smallest absolute Gasteiger partial charge is 0.303 e. The fourth-order valence-corrected chi connectivity index (χ4v) is 7.94. The maximum absolute atomic E-state index is 14.2. The van der Waals surface area contributed by atoms with Crippen LogP contribution in [0, 0.1) is 18.3 Å². The van der Waals surface area contributed by atoms with E-state index in [9.17, 15) is 29.7 Å². The number of carbonyl (C=O) groups is 3. The van der Waals surface area contributed by atoms with Gasteiger partial charge in [-0.05, 0) is 36.5 Å². The minimum atomic E-state index is -1.05. The Morgan fingerprint density at radius 1 is 0.786 bits per heavy atom. The first kappa shape index (κ1) is 52.8. The number of aliphatic hydroxyl groups excluding tert-OH is 1. The summed E-state index contributed by atoms with van der Waals surface area (Å²) in [5, 5.41) is 48.9. The quantitative estimate of drug-likeness (QED) is 0.0332. The van der Waals surface area contributed by atoms with E-state index in [4.69, 9.17) is 47.1 Å². The largest absolute Gasteiger partial charge is 0.508 e. The van der Waals surface area contributed by atoms with Crippen molar-refractivity contribution in [2.45, 2.75) is 63.7 Å². The number of aliphatic hydroxyl groups is 1. The summed E-state index contributed by atoms with van der Waals surface area (Å²) in [6.45, 7) is 9.16. The molecule has 0 saturated carbocycles. The molecule has 2 aliphatic heterocycles. The minimum absolute atomic E-state index is 0.00700. The van der Waals surface area contributed by atoms with Gasteiger partial charge in [-0.15, -0.1) is 16.6 Å². The number of carboxylic acid groups (broad SMARTS) is 1. The van der Waals surface area contributed by atoms with Crippen molar-refractivity contribution in [2.24, 2.45) is 17.4 Å². The molecule has 6 rings (SSSR count). The average Bonchev–Trinajstić information content (AvgIpc) is 4.07. The normalized spacial score (nSPS) is 16.3. The molecule has 70 heavy (non-hydrogen) atoms. The number of benzene rings is 1. The molecule has 2 aliphatic rings. The number of amides is 2. The second kappa shape index (κ2) is 26.4. The van der Waals surface area contributed by atoms with Crippen LogP contribution >= 0.6 is 0 Å². The monoisotopic (exact) mass is 975 g/mol. The van der Waals surface area contributed by atoms with Gasteiger partial charge in [-0.25, -0.2) is 9.36 Å². The highest BCUT2D eigenvalue weighted by atomic mass is 16.5. The van der Waals surface area contributed by atoms with Gasteiger partial charge in [0.2, 0.25) is 29.7 Å². The Balaban J connectivity index is 1.12. The van der Waals surface area contributed by atoms with Crippen LogP contribution in [-0.2, 0) is 35.0 Å². The average molecular weight is 975 g/mol. The number of nitrogens with two attached hydrogens (primary N) is 2. The number of carbonyl (C=O) groups excluding carboxylic acids is 2. The molecule has 0 aliphatic carbocycles. The number of ether oxygens (including phenoxy) is 3. The molecule has 3 unspecified atom stereocenters. The summed E-state index contributed by atoms with van der Waals surface area (Å²) < 4.78 is 19.4. The molecular formula is C45H66N16O9. The number of aliphatic carboxylic acids is 1. The number of terminal acetylenes is 1. The molecule has 5 heterocycles. The molecule has 25 nitrogen and oxygen atoms in total. The lowest BCUT2D eigenvalue weighted by molar-refractivity contribution is -0.139. The zero-order valence-corrected chi connectivity index (χ0v) is 39.8. The number of carboxylic acids is 1. The van der Waals surface area contributed by atoms with Gasteiger partial charge in [-0.3, -0.25) is 14.4 Å². The summed E-state index contributed by atoms with van der Waals surface area (Å²) in [5.74, 6) is 2.17. The maximum Gasteiger partial charge on any atom is 0.303 e. The number of phenolic OH excluding ortho intramolecular Hbond substituents is 1. The molecule has 4 aromatic rings. The number of nitrogens with zero attached hydrogens (tertiary/aromatic N) is 13. The third-order valence-electron chi connectivity index (χ3n) is 12.2. The third-order valence-corrected chi connectivity index (χ3v) is 12.2. The fraction of sp³-hybridized carbons (Fsp3) is 0.600. The number of aromatic nitrogens is 9. The highest BCUT2D eigenvalue weighted by molar-refractivity contribution is 5.82. The number of anilines is 3. The SMILES string of the molecule is C#CCOCCOCCOCCNc1nc(N2CCN(C(=O)C([C@@H](C)CC)n3cc(C(N)CO)nn3)CC2)nc(N2CCN(C(=O)[C@H](CCC(=O)O)n3cc(C(N)Cc4ccc(O)cc4)nn3)CC2)n1. The van der Waals surface area contributed by atoms with Gasteiger partial charge < -0.3 is 65.9 Å². The summed E-state index contributed by atoms with van der Waals surface area (Å²) in [4.78, 5) is 61.9. The van der Waals surface area contributed by atoms with Crippen molar-refractivity contribution in [3.05, 3.63) is 53.6 Å². The molecule has 2 fully saturated rings. The molecule has 0 bridgehead atoms. The van der Waals surface area contributed by atoms with E-state index in [-0.39, 0.29) is 62.6 Å². The van der Waals surface area contributed by atoms with E-state index in [1.54, 1.807) is 51.1 Å². The molecule has 0 spiro atoms. The molecule has 2 saturated heterocycles. The van der Waals surface area contributed by atoms with Crippen LogP contribution in [0.1, 0.15) is 74.2 Å². The Bertz CT molecular complexity index is 2310. The van der Waals surface area contributed by atoms with Gasteiger partial charge in [0, 0.05) is 65.3 Å². The summed E-state index contributed by atoms with van der Waals surface area (Å²) in [6.07, 6.45) is 9.27. The lowest BCUT2D eigenvalue weighted by Gasteiger charge is -2.38. The third kappa shape index (κ3) is 14.7. The van der Waals surface area contributed by atoms with Crippen LogP contribution < -0.4 is 26.6 Å². The second-order valence-corrected chi connectivity index (χ2v) is 17.1. The molecule has 8 N–H and O–H groups in total.